The van der Waals surface area contributed by atoms with Crippen molar-refractivity contribution >= 4 is 5.69 Å². The van der Waals surface area contributed by atoms with Gasteiger partial charge in [0.15, 0.2) is 0 Å². The van der Waals surface area contributed by atoms with Crippen molar-refractivity contribution in [3.8, 4) is 0 Å². The van der Waals surface area contributed by atoms with Crippen LogP contribution in [-0.2, 0) is 6.54 Å². The van der Waals surface area contributed by atoms with Gasteiger partial charge in [0, 0.05) is 18.2 Å². The monoisotopic (exact) mass is 209 g/mol. The zero-order valence-corrected chi connectivity index (χ0v) is 9.40. The van der Waals surface area contributed by atoms with Gasteiger partial charge in [-0.05, 0) is 22.8 Å². The molecule has 1 nitrogen and oxygen atoms in total. The van der Waals surface area contributed by atoms with Crippen LogP contribution in [0.4, 0.5) is 5.69 Å². The summed E-state index contributed by atoms with van der Waals surface area (Å²) >= 11 is 0. The second-order valence-corrected chi connectivity index (χ2v) is 4.36. The number of benzene rings is 2. The van der Waals surface area contributed by atoms with Crippen LogP contribution in [0.25, 0.3) is 0 Å². The zero-order valence-electron chi connectivity index (χ0n) is 9.40. The van der Waals surface area contributed by atoms with Crippen LogP contribution >= 0.6 is 0 Å². The van der Waals surface area contributed by atoms with Crippen LogP contribution < -0.4 is 5.32 Å². The minimum atomic E-state index is 0.474. The van der Waals surface area contributed by atoms with E-state index in [-0.39, 0.29) is 0 Å². The summed E-state index contributed by atoms with van der Waals surface area (Å²) in [5, 5.41) is 3.51. The van der Waals surface area contributed by atoms with E-state index in [0.717, 1.165) is 6.54 Å². The van der Waals surface area contributed by atoms with Crippen LogP contribution in [0.2, 0.25) is 0 Å². The molecule has 0 amide bonds. The van der Waals surface area contributed by atoms with Crippen molar-refractivity contribution in [3.63, 3.8) is 0 Å². The molecule has 1 aliphatic heterocycles. The third-order valence-electron chi connectivity index (χ3n) is 3.42. The zero-order chi connectivity index (χ0) is 11.0. The highest BCUT2D eigenvalue weighted by molar-refractivity contribution is 5.58. The van der Waals surface area contributed by atoms with E-state index in [0.29, 0.717) is 5.92 Å². The highest BCUT2D eigenvalue weighted by Gasteiger charge is 2.18. The first-order chi connectivity index (χ1) is 7.86. The Morgan fingerprint density at radius 1 is 0.938 bits per heavy atom. The number of para-hydroxylation sites is 1. The summed E-state index contributed by atoms with van der Waals surface area (Å²) in [6, 6.07) is 17.3. The van der Waals surface area contributed by atoms with E-state index in [9.17, 15) is 0 Å². The first-order valence-electron chi connectivity index (χ1n) is 5.77. The molecule has 0 aromatic heterocycles. The van der Waals surface area contributed by atoms with Gasteiger partial charge in [0.05, 0.1) is 0 Å². The molecule has 0 saturated heterocycles. The summed E-state index contributed by atoms with van der Waals surface area (Å²) in [5.74, 6) is 0.474. The van der Waals surface area contributed by atoms with Gasteiger partial charge in [-0.25, -0.2) is 0 Å². The van der Waals surface area contributed by atoms with Gasteiger partial charge in [0.1, 0.15) is 0 Å². The summed E-state index contributed by atoms with van der Waals surface area (Å²) < 4.78 is 0. The Labute approximate surface area is 96.1 Å². The molecule has 1 heterocycles. The predicted octanol–water partition coefficient (Wildman–Crippen LogP) is 3.76. The van der Waals surface area contributed by atoms with E-state index in [1.54, 1.807) is 0 Å². The Kier molecular flexibility index (Phi) is 2.17. The molecule has 2 aromatic rings. The summed E-state index contributed by atoms with van der Waals surface area (Å²) in [6.07, 6.45) is 0. The Morgan fingerprint density at radius 3 is 2.50 bits per heavy atom. The molecule has 1 aliphatic rings. The van der Waals surface area contributed by atoms with Gasteiger partial charge in [0.25, 0.3) is 0 Å². The van der Waals surface area contributed by atoms with Crippen molar-refractivity contribution in [1.29, 1.82) is 0 Å². The number of hydrogen-bond acceptors (Lipinski definition) is 1. The van der Waals surface area contributed by atoms with Crippen molar-refractivity contribution < 1.29 is 0 Å². The molecule has 0 saturated carbocycles. The highest BCUT2D eigenvalue weighted by atomic mass is 14.9. The Morgan fingerprint density at radius 2 is 1.62 bits per heavy atom. The molecule has 80 valence electrons. The Balaban J connectivity index is 2.18. The van der Waals surface area contributed by atoms with E-state index < -0.39 is 0 Å². The van der Waals surface area contributed by atoms with Gasteiger partial charge in [0.2, 0.25) is 0 Å². The normalized spacial score (nSPS) is 17.9. The number of rotatable bonds is 0. The number of fused-ring (bicyclic) bond motifs is 2. The SMILES string of the molecule is CC1c2ccccc2CNc2ccccc21. The van der Waals surface area contributed by atoms with Crippen LogP contribution in [0.15, 0.2) is 48.5 Å². The van der Waals surface area contributed by atoms with Crippen molar-refractivity contribution in [3.05, 3.63) is 65.2 Å². The minimum Gasteiger partial charge on any atom is -0.381 e. The summed E-state index contributed by atoms with van der Waals surface area (Å²) in [7, 11) is 0. The highest BCUT2D eigenvalue weighted by Crippen LogP contribution is 2.34. The van der Waals surface area contributed by atoms with Gasteiger partial charge in [-0.15, -0.1) is 0 Å². The van der Waals surface area contributed by atoms with E-state index in [1.807, 2.05) is 0 Å². The van der Waals surface area contributed by atoms with E-state index in [2.05, 4.69) is 60.8 Å². The van der Waals surface area contributed by atoms with E-state index in [4.69, 9.17) is 0 Å². The van der Waals surface area contributed by atoms with Crippen molar-refractivity contribution in [2.45, 2.75) is 19.4 Å². The Hall–Kier alpha value is -1.76. The van der Waals surface area contributed by atoms with Crippen LogP contribution in [0, 0.1) is 0 Å². The quantitative estimate of drug-likeness (QED) is 0.696. The molecule has 3 rings (SSSR count). The lowest BCUT2D eigenvalue weighted by atomic mass is 9.90. The lowest BCUT2D eigenvalue weighted by Crippen LogP contribution is -1.98. The molecular formula is C15H15N. The first-order valence-corrected chi connectivity index (χ1v) is 5.77. The second-order valence-electron chi connectivity index (χ2n) is 4.36. The molecule has 1 N–H and O–H groups in total. The van der Waals surface area contributed by atoms with Gasteiger partial charge >= 0.3 is 0 Å². The third kappa shape index (κ3) is 1.40. The predicted molar refractivity (Wildman–Crippen MR) is 67.7 cm³/mol. The number of nitrogens with one attached hydrogen (secondary N) is 1. The maximum Gasteiger partial charge on any atom is 0.0403 e. The minimum absolute atomic E-state index is 0.474. The summed E-state index contributed by atoms with van der Waals surface area (Å²) in [6.45, 7) is 3.21. The molecule has 1 unspecified atom stereocenters. The summed E-state index contributed by atoms with van der Waals surface area (Å²) in [4.78, 5) is 0. The maximum atomic E-state index is 3.51. The van der Waals surface area contributed by atoms with Gasteiger partial charge < -0.3 is 5.32 Å². The lowest BCUT2D eigenvalue weighted by molar-refractivity contribution is 0.919. The summed E-state index contributed by atoms with van der Waals surface area (Å²) in [5.41, 5.74) is 5.52. The Bertz CT molecular complexity index is 469. The fraction of sp³-hybridized carbons (Fsp3) is 0.200. The van der Waals surface area contributed by atoms with Gasteiger partial charge in [-0.2, -0.15) is 0 Å². The van der Waals surface area contributed by atoms with Gasteiger partial charge in [-0.3, -0.25) is 0 Å². The molecule has 0 aliphatic carbocycles. The topological polar surface area (TPSA) is 12.0 Å². The fourth-order valence-corrected chi connectivity index (χ4v) is 2.51. The number of anilines is 1. The standard InChI is InChI=1S/C15H15N/c1-11-13-7-3-2-6-12(13)10-16-15-9-5-4-8-14(11)15/h2-9,11,16H,10H2,1H3. The average molecular weight is 209 g/mol. The van der Waals surface area contributed by atoms with Crippen LogP contribution in [0.3, 0.4) is 0 Å². The molecule has 0 bridgehead atoms. The number of hydrogen-bond donors (Lipinski definition) is 1. The van der Waals surface area contributed by atoms with E-state index >= 15 is 0 Å². The lowest BCUT2D eigenvalue weighted by Gasteiger charge is -2.14. The van der Waals surface area contributed by atoms with E-state index in [1.165, 1.54) is 22.4 Å². The second kappa shape index (κ2) is 3.67. The molecular weight excluding hydrogens is 194 g/mol. The maximum absolute atomic E-state index is 3.51. The fourth-order valence-electron chi connectivity index (χ4n) is 2.51. The molecule has 0 fully saturated rings. The van der Waals surface area contributed by atoms with Crippen molar-refractivity contribution in [2.75, 3.05) is 5.32 Å². The average Bonchev–Trinajstić information content (AvgIpc) is 2.49. The molecule has 1 heteroatoms. The molecule has 16 heavy (non-hydrogen) atoms. The smallest absolute Gasteiger partial charge is 0.0403 e. The molecule has 1 atom stereocenters. The van der Waals surface area contributed by atoms with Crippen LogP contribution in [0.1, 0.15) is 29.5 Å². The van der Waals surface area contributed by atoms with Crippen molar-refractivity contribution in [1.82, 2.24) is 0 Å². The third-order valence-corrected chi connectivity index (χ3v) is 3.42. The largest absolute Gasteiger partial charge is 0.381 e. The van der Waals surface area contributed by atoms with Gasteiger partial charge in [-0.1, -0.05) is 49.4 Å². The van der Waals surface area contributed by atoms with Crippen molar-refractivity contribution in [2.24, 2.45) is 0 Å². The van der Waals surface area contributed by atoms with Crippen LogP contribution in [-0.4, -0.2) is 0 Å². The molecule has 0 radical (unpaired) electrons. The molecule has 0 spiro atoms. The van der Waals surface area contributed by atoms with Crippen LogP contribution in [0.5, 0.6) is 0 Å². The molecule has 2 aromatic carbocycles. The first kappa shape index (κ1) is 9.46.